The summed E-state index contributed by atoms with van der Waals surface area (Å²) in [5.41, 5.74) is 1.33. The quantitative estimate of drug-likeness (QED) is 0.906. The molecule has 1 aliphatic carbocycles. The second kappa shape index (κ2) is 6.85. The fourth-order valence-corrected chi connectivity index (χ4v) is 5.02. The zero-order valence-electron chi connectivity index (χ0n) is 14.5. The summed E-state index contributed by atoms with van der Waals surface area (Å²) in [5, 5.41) is 3.37. The minimum atomic E-state index is -0.0500. The Morgan fingerprint density at radius 3 is 2.62 bits per heavy atom. The van der Waals surface area contributed by atoms with Crippen molar-refractivity contribution in [3.8, 4) is 0 Å². The second-order valence-electron chi connectivity index (χ2n) is 7.73. The van der Waals surface area contributed by atoms with Gasteiger partial charge in [0.1, 0.15) is 0 Å². The lowest BCUT2D eigenvalue weighted by Crippen LogP contribution is -2.63. The van der Waals surface area contributed by atoms with Crippen molar-refractivity contribution in [2.75, 3.05) is 26.3 Å². The first-order valence-electron chi connectivity index (χ1n) is 9.41. The number of rotatable bonds is 2. The molecule has 5 unspecified atom stereocenters. The number of benzene rings is 1. The van der Waals surface area contributed by atoms with Crippen LogP contribution in [0.2, 0.25) is 0 Å². The molecule has 1 saturated carbocycles. The predicted octanol–water partition coefficient (Wildman–Crippen LogP) is 2.41. The molecule has 2 heterocycles. The molecule has 0 aromatic heterocycles. The molecule has 4 nitrogen and oxygen atoms in total. The van der Waals surface area contributed by atoms with E-state index in [0.29, 0.717) is 23.8 Å². The third-order valence-electron chi connectivity index (χ3n) is 6.19. The van der Waals surface area contributed by atoms with Crippen molar-refractivity contribution in [1.29, 1.82) is 0 Å². The maximum absolute atomic E-state index is 13.0. The van der Waals surface area contributed by atoms with Crippen molar-refractivity contribution < 1.29 is 9.53 Å². The van der Waals surface area contributed by atoms with Gasteiger partial charge in [-0.15, -0.1) is 0 Å². The highest BCUT2D eigenvalue weighted by molar-refractivity contribution is 5.84. The Bertz CT molecular complexity index is 570. The number of fused-ring (bicyclic) bond motifs is 1. The van der Waals surface area contributed by atoms with Crippen LogP contribution in [0.4, 0.5) is 0 Å². The highest BCUT2D eigenvalue weighted by atomic mass is 16.5. The van der Waals surface area contributed by atoms with Gasteiger partial charge in [-0.25, -0.2) is 0 Å². The van der Waals surface area contributed by atoms with E-state index in [1.807, 2.05) is 0 Å². The van der Waals surface area contributed by atoms with Crippen LogP contribution < -0.4 is 5.32 Å². The molecule has 0 spiro atoms. The van der Waals surface area contributed by atoms with Crippen LogP contribution in [-0.4, -0.2) is 49.2 Å². The van der Waals surface area contributed by atoms with Crippen molar-refractivity contribution in [3.05, 3.63) is 35.9 Å². The van der Waals surface area contributed by atoms with Crippen LogP contribution in [-0.2, 0) is 9.53 Å². The fourth-order valence-electron chi connectivity index (χ4n) is 5.02. The van der Waals surface area contributed by atoms with E-state index >= 15 is 0 Å². The van der Waals surface area contributed by atoms with Crippen LogP contribution in [0.5, 0.6) is 0 Å². The lowest BCUT2D eigenvalue weighted by Gasteiger charge is -2.50. The first kappa shape index (κ1) is 16.1. The van der Waals surface area contributed by atoms with E-state index in [4.69, 9.17) is 4.74 Å². The predicted molar refractivity (Wildman–Crippen MR) is 93.8 cm³/mol. The number of carbonyl (C=O) groups is 1. The largest absolute Gasteiger partial charge is 0.379 e. The van der Waals surface area contributed by atoms with Crippen molar-refractivity contribution in [3.63, 3.8) is 0 Å². The lowest BCUT2D eigenvalue weighted by molar-refractivity contribution is -0.136. The van der Waals surface area contributed by atoms with Gasteiger partial charge in [-0.2, -0.15) is 0 Å². The standard InChI is InChI=1S/C20H28N2O2/c1-14-7-8-16-17(13-14)21-20(23)19(22-9-11-24-12-10-22)18(16)15-5-3-2-4-6-15/h2-6,14,16-19H,7-13H2,1H3,(H,21,23). The Balaban J connectivity index is 1.69. The van der Waals surface area contributed by atoms with E-state index in [9.17, 15) is 4.79 Å². The molecule has 1 aromatic carbocycles. The number of piperidine rings is 1. The Labute approximate surface area is 144 Å². The minimum Gasteiger partial charge on any atom is -0.379 e. The van der Waals surface area contributed by atoms with Crippen molar-refractivity contribution in [2.24, 2.45) is 11.8 Å². The molecule has 24 heavy (non-hydrogen) atoms. The van der Waals surface area contributed by atoms with Gasteiger partial charge in [0.05, 0.1) is 19.3 Å². The van der Waals surface area contributed by atoms with Crippen LogP contribution in [0.15, 0.2) is 30.3 Å². The van der Waals surface area contributed by atoms with Crippen LogP contribution in [0, 0.1) is 11.8 Å². The number of nitrogens with one attached hydrogen (secondary N) is 1. The fraction of sp³-hybridized carbons (Fsp3) is 0.650. The molecule has 1 amide bonds. The molecule has 1 N–H and O–H groups in total. The molecular formula is C20H28N2O2. The number of carbonyl (C=O) groups excluding carboxylic acids is 1. The van der Waals surface area contributed by atoms with E-state index in [1.54, 1.807) is 0 Å². The number of ether oxygens (including phenoxy) is 1. The SMILES string of the molecule is CC1CCC2C(C1)NC(=O)C(N1CCOCC1)C2c1ccccc1. The maximum Gasteiger partial charge on any atom is 0.238 e. The third-order valence-corrected chi connectivity index (χ3v) is 6.19. The average molecular weight is 328 g/mol. The summed E-state index contributed by atoms with van der Waals surface area (Å²) in [6.45, 7) is 5.49. The number of nitrogens with zero attached hydrogens (tertiary/aromatic N) is 1. The molecule has 3 fully saturated rings. The van der Waals surface area contributed by atoms with Crippen molar-refractivity contribution in [1.82, 2.24) is 10.2 Å². The topological polar surface area (TPSA) is 41.6 Å². The number of hydrogen-bond acceptors (Lipinski definition) is 3. The smallest absolute Gasteiger partial charge is 0.238 e. The molecule has 2 aliphatic heterocycles. The van der Waals surface area contributed by atoms with Gasteiger partial charge in [0.25, 0.3) is 0 Å². The zero-order valence-corrected chi connectivity index (χ0v) is 14.5. The summed E-state index contributed by atoms with van der Waals surface area (Å²) in [4.78, 5) is 15.4. The van der Waals surface area contributed by atoms with Gasteiger partial charge in [-0.1, -0.05) is 43.7 Å². The average Bonchev–Trinajstić information content (AvgIpc) is 2.62. The van der Waals surface area contributed by atoms with Crippen molar-refractivity contribution in [2.45, 2.75) is 44.2 Å². The summed E-state index contributed by atoms with van der Waals surface area (Å²) >= 11 is 0. The van der Waals surface area contributed by atoms with Gasteiger partial charge in [-0.3, -0.25) is 9.69 Å². The van der Waals surface area contributed by atoms with E-state index in [2.05, 4.69) is 47.5 Å². The van der Waals surface area contributed by atoms with Crippen molar-refractivity contribution >= 4 is 5.91 Å². The molecular weight excluding hydrogens is 300 g/mol. The van der Waals surface area contributed by atoms with E-state index in [1.165, 1.54) is 18.4 Å². The summed E-state index contributed by atoms with van der Waals surface area (Å²) in [7, 11) is 0. The van der Waals surface area contributed by atoms with Gasteiger partial charge >= 0.3 is 0 Å². The minimum absolute atomic E-state index is 0.0500. The van der Waals surface area contributed by atoms with Crippen LogP contribution >= 0.6 is 0 Å². The Hall–Kier alpha value is -1.39. The van der Waals surface area contributed by atoms with E-state index in [-0.39, 0.29) is 11.9 Å². The summed E-state index contributed by atoms with van der Waals surface area (Å²) in [5.74, 6) is 1.79. The maximum atomic E-state index is 13.0. The molecule has 0 bridgehead atoms. The molecule has 3 aliphatic rings. The molecule has 5 atom stereocenters. The van der Waals surface area contributed by atoms with Gasteiger partial charge < -0.3 is 10.1 Å². The normalized spacial score (nSPS) is 37.5. The molecule has 2 saturated heterocycles. The number of morpholine rings is 1. The number of hydrogen-bond donors (Lipinski definition) is 1. The van der Waals surface area contributed by atoms with Gasteiger partial charge in [-0.05, 0) is 30.2 Å². The highest BCUT2D eigenvalue weighted by Crippen LogP contribution is 2.44. The summed E-state index contributed by atoms with van der Waals surface area (Å²) in [6, 6.07) is 11.0. The van der Waals surface area contributed by atoms with Crippen LogP contribution in [0.25, 0.3) is 0 Å². The van der Waals surface area contributed by atoms with E-state index < -0.39 is 0 Å². The Morgan fingerprint density at radius 1 is 1.12 bits per heavy atom. The highest BCUT2D eigenvalue weighted by Gasteiger charge is 2.48. The Morgan fingerprint density at radius 2 is 1.88 bits per heavy atom. The third kappa shape index (κ3) is 2.98. The monoisotopic (exact) mass is 328 g/mol. The number of amides is 1. The first-order chi connectivity index (χ1) is 11.7. The Kier molecular flexibility index (Phi) is 4.59. The van der Waals surface area contributed by atoms with Crippen LogP contribution in [0.3, 0.4) is 0 Å². The van der Waals surface area contributed by atoms with E-state index in [0.717, 1.165) is 32.7 Å². The molecule has 4 heteroatoms. The molecule has 0 radical (unpaired) electrons. The summed E-state index contributed by atoms with van der Waals surface area (Å²) < 4.78 is 5.51. The van der Waals surface area contributed by atoms with Gasteiger partial charge in [0.15, 0.2) is 0 Å². The van der Waals surface area contributed by atoms with Crippen LogP contribution in [0.1, 0.15) is 37.7 Å². The van der Waals surface area contributed by atoms with Gasteiger partial charge in [0, 0.05) is 25.0 Å². The molecule has 1 aromatic rings. The van der Waals surface area contributed by atoms with Gasteiger partial charge in [0.2, 0.25) is 5.91 Å². The summed E-state index contributed by atoms with van der Waals surface area (Å²) in [6.07, 6.45) is 3.61. The second-order valence-corrected chi connectivity index (χ2v) is 7.73. The zero-order chi connectivity index (χ0) is 16.5. The lowest BCUT2D eigenvalue weighted by atomic mass is 9.65. The molecule has 130 valence electrons. The molecule has 4 rings (SSSR count). The first-order valence-corrected chi connectivity index (χ1v) is 9.41.